The van der Waals surface area contributed by atoms with Crippen molar-refractivity contribution in [3.05, 3.63) is 27.7 Å². The number of halogens is 1. The van der Waals surface area contributed by atoms with Gasteiger partial charge in [-0.3, -0.25) is 0 Å². The first kappa shape index (κ1) is 17.5. The summed E-state index contributed by atoms with van der Waals surface area (Å²) in [7, 11) is 0. The minimum atomic E-state index is -1.02. The van der Waals surface area contributed by atoms with Crippen LogP contribution in [0.3, 0.4) is 0 Å². The van der Waals surface area contributed by atoms with Crippen LogP contribution in [-0.2, 0) is 4.79 Å². The Bertz CT molecular complexity index is 523. The number of urea groups is 1. The van der Waals surface area contributed by atoms with E-state index in [2.05, 4.69) is 26.6 Å². The predicted molar refractivity (Wildman–Crippen MR) is 86.6 cm³/mol. The van der Waals surface area contributed by atoms with Crippen molar-refractivity contribution in [3.63, 3.8) is 0 Å². The van der Waals surface area contributed by atoms with Crippen LogP contribution in [0.5, 0.6) is 0 Å². The zero-order valence-electron chi connectivity index (χ0n) is 12.7. The van der Waals surface area contributed by atoms with Crippen LogP contribution in [0.4, 0.5) is 10.5 Å². The maximum atomic E-state index is 12.0. The molecule has 0 saturated heterocycles. The van der Waals surface area contributed by atoms with Crippen molar-refractivity contribution >= 4 is 33.6 Å². The van der Waals surface area contributed by atoms with Crippen LogP contribution in [-0.4, -0.2) is 23.1 Å². The first-order valence-electron chi connectivity index (χ1n) is 6.83. The fraction of sp³-hybridized carbons (Fsp3) is 0.467. The summed E-state index contributed by atoms with van der Waals surface area (Å²) in [6.07, 6.45) is 0.674. The van der Waals surface area contributed by atoms with E-state index in [0.29, 0.717) is 12.1 Å². The number of benzene rings is 1. The van der Waals surface area contributed by atoms with E-state index >= 15 is 0 Å². The third-order valence-corrected chi connectivity index (χ3v) is 3.96. The third-order valence-electron chi connectivity index (χ3n) is 3.50. The number of nitrogens with one attached hydrogen (secondary N) is 2. The Hall–Kier alpha value is -1.56. The van der Waals surface area contributed by atoms with Crippen LogP contribution >= 0.6 is 15.9 Å². The molecule has 0 aliphatic carbocycles. The largest absolute Gasteiger partial charge is 0.480 e. The Morgan fingerprint density at radius 2 is 1.81 bits per heavy atom. The van der Waals surface area contributed by atoms with E-state index < -0.39 is 18.0 Å². The lowest BCUT2D eigenvalue weighted by Gasteiger charge is -2.21. The fourth-order valence-electron chi connectivity index (χ4n) is 2.08. The lowest BCUT2D eigenvalue weighted by atomic mass is 9.99. The van der Waals surface area contributed by atoms with Gasteiger partial charge in [0.25, 0.3) is 0 Å². The zero-order chi connectivity index (χ0) is 16.2. The van der Waals surface area contributed by atoms with E-state index in [4.69, 9.17) is 0 Å². The number of carboxylic acid groups (broad SMARTS) is 1. The summed E-state index contributed by atoms with van der Waals surface area (Å²) < 4.78 is 0.937. The Kier molecular flexibility index (Phi) is 6.20. The number of anilines is 1. The number of hydrogen-bond donors (Lipinski definition) is 3. The zero-order valence-corrected chi connectivity index (χ0v) is 14.2. The number of aryl methyl sites for hydroxylation is 2. The van der Waals surface area contributed by atoms with Gasteiger partial charge in [0.2, 0.25) is 0 Å². The predicted octanol–water partition coefficient (Wildman–Crippen LogP) is 3.69. The molecule has 2 unspecified atom stereocenters. The molecular weight excluding hydrogens is 336 g/mol. The van der Waals surface area contributed by atoms with Gasteiger partial charge in [0.05, 0.1) is 0 Å². The molecule has 0 radical (unpaired) electrons. The first-order valence-corrected chi connectivity index (χ1v) is 7.62. The van der Waals surface area contributed by atoms with Crippen LogP contribution in [0.15, 0.2) is 16.6 Å². The molecule has 0 saturated carbocycles. The van der Waals surface area contributed by atoms with E-state index in [1.807, 2.05) is 32.9 Å². The smallest absolute Gasteiger partial charge is 0.326 e. The van der Waals surface area contributed by atoms with Crippen LogP contribution in [0.2, 0.25) is 0 Å². The maximum absolute atomic E-state index is 12.0. The molecule has 0 aromatic heterocycles. The fourth-order valence-corrected chi connectivity index (χ4v) is 2.77. The second-order valence-corrected chi connectivity index (χ2v) is 6.13. The highest BCUT2D eigenvalue weighted by Crippen LogP contribution is 2.25. The quantitative estimate of drug-likeness (QED) is 0.752. The van der Waals surface area contributed by atoms with Crippen LogP contribution in [0.25, 0.3) is 0 Å². The van der Waals surface area contributed by atoms with E-state index in [1.54, 1.807) is 6.92 Å². The Balaban J connectivity index is 2.84. The molecule has 21 heavy (non-hydrogen) atoms. The van der Waals surface area contributed by atoms with Crippen LogP contribution in [0.1, 0.15) is 31.4 Å². The van der Waals surface area contributed by atoms with Crippen LogP contribution in [0, 0.1) is 19.8 Å². The summed E-state index contributed by atoms with van der Waals surface area (Å²) in [5.74, 6) is -1.16. The minimum Gasteiger partial charge on any atom is -0.480 e. The number of carboxylic acids is 1. The summed E-state index contributed by atoms with van der Waals surface area (Å²) >= 11 is 3.40. The van der Waals surface area contributed by atoms with E-state index in [9.17, 15) is 14.7 Å². The molecule has 0 aliphatic rings. The van der Waals surface area contributed by atoms with Crippen molar-refractivity contribution in [2.24, 2.45) is 5.92 Å². The Morgan fingerprint density at radius 1 is 1.29 bits per heavy atom. The third kappa shape index (κ3) is 4.74. The molecule has 0 aliphatic heterocycles. The van der Waals surface area contributed by atoms with E-state index in [-0.39, 0.29) is 5.92 Å². The van der Waals surface area contributed by atoms with Crippen molar-refractivity contribution in [2.75, 3.05) is 5.32 Å². The molecule has 0 bridgehead atoms. The van der Waals surface area contributed by atoms with Gasteiger partial charge in [0, 0.05) is 10.2 Å². The van der Waals surface area contributed by atoms with Crippen molar-refractivity contribution in [2.45, 2.75) is 40.2 Å². The number of rotatable bonds is 5. The lowest BCUT2D eigenvalue weighted by molar-refractivity contribution is -0.140. The molecule has 1 aromatic carbocycles. The highest BCUT2D eigenvalue weighted by molar-refractivity contribution is 9.10. The van der Waals surface area contributed by atoms with Gasteiger partial charge in [0.1, 0.15) is 6.04 Å². The average molecular weight is 357 g/mol. The van der Waals surface area contributed by atoms with Gasteiger partial charge in [-0.25, -0.2) is 9.59 Å². The molecule has 6 heteroatoms. The second-order valence-electron chi connectivity index (χ2n) is 5.21. The summed E-state index contributed by atoms with van der Waals surface area (Å²) in [4.78, 5) is 23.3. The number of hydrogen-bond acceptors (Lipinski definition) is 2. The maximum Gasteiger partial charge on any atom is 0.326 e. The molecule has 0 heterocycles. The second kappa shape index (κ2) is 7.45. The molecule has 0 fully saturated rings. The monoisotopic (exact) mass is 356 g/mol. The van der Waals surface area contributed by atoms with Gasteiger partial charge in [-0.15, -0.1) is 0 Å². The summed E-state index contributed by atoms with van der Waals surface area (Å²) in [6, 6.07) is 2.39. The molecular formula is C15H21BrN2O3. The van der Waals surface area contributed by atoms with Crippen molar-refractivity contribution in [1.29, 1.82) is 0 Å². The van der Waals surface area contributed by atoms with Gasteiger partial charge in [-0.1, -0.05) is 36.2 Å². The topological polar surface area (TPSA) is 78.4 Å². The molecule has 3 N–H and O–H groups in total. The highest BCUT2D eigenvalue weighted by Gasteiger charge is 2.25. The highest BCUT2D eigenvalue weighted by atomic mass is 79.9. The SMILES string of the molecule is CCC(C)C(NC(=O)Nc1c(C)cc(Br)cc1C)C(=O)O. The Morgan fingerprint density at radius 3 is 2.24 bits per heavy atom. The molecule has 1 rings (SSSR count). The van der Waals surface area contributed by atoms with Gasteiger partial charge in [-0.2, -0.15) is 0 Å². The summed E-state index contributed by atoms with van der Waals surface area (Å²) in [5, 5.41) is 14.4. The molecule has 2 amide bonds. The molecule has 1 aromatic rings. The van der Waals surface area contributed by atoms with Gasteiger partial charge < -0.3 is 15.7 Å². The Labute approximate surface area is 133 Å². The van der Waals surface area contributed by atoms with Crippen molar-refractivity contribution < 1.29 is 14.7 Å². The molecule has 2 atom stereocenters. The first-order chi connectivity index (χ1) is 9.76. The van der Waals surface area contributed by atoms with Gasteiger partial charge in [0.15, 0.2) is 0 Å². The number of carbonyl (C=O) groups is 2. The normalized spacial score (nSPS) is 13.4. The standard InChI is InChI=1S/C15H21BrN2O3/c1-5-8(2)13(14(19)20)18-15(21)17-12-9(3)6-11(16)7-10(12)4/h6-8,13H,5H2,1-4H3,(H,19,20)(H2,17,18,21). The van der Waals surface area contributed by atoms with Crippen LogP contribution < -0.4 is 10.6 Å². The van der Waals surface area contributed by atoms with E-state index in [0.717, 1.165) is 15.6 Å². The average Bonchev–Trinajstić information content (AvgIpc) is 2.39. The van der Waals surface area contributed by atoms with Gasteiger partial charge >= 0.3 is 12.0 Å². The number of amides is 2. The van der Waals surface area contributed by atoms with Gasteiger partial charge in [-0.05, 0) is 43.0 Å². The van der Waals surface area contributed by atoms with Crippen molar-refractivity contribution in [1.82, 2.24) is 5.32 Å². The minimum absolute atomic E-state index is 0.139. The van der Waals surface area contributed by atoms with Crippen molar-refractivity contribution in [3.8, 4) is 0 Å². The lowest BCUT2D eigenvalue weighted by Crippen LogP contribution is -2.46. The van der Waals surface area contributed by atoms with E-state index in [1.165, 1.54) is 0 Å². The molecule has 5 nitrogen and oxygen atoms in total. The molecule has 0 spiro atoms. The number of aliphatic carboxylic acids is 1. The summed E-state index contributed by atoms with van der Waals surface area (Å²) in [5.41, 5.74) is 2.52. The number of carbonyl (C=O) groups excluding carboxylic acids is 1. The summed E-state index contributed by atoms with van der Waals surface area (Å²) in [6.45, 7) is 7.46. The molecule has 116 valence electrons.